The van der Waals surface area contributed by atoms with Crippen LogP contribution in [-0.2, 0) is 27.5 Å². The van der Waals surface area contributed by atoms with Gasteiger partial charge in [0.2, 0.25) is 0 Å². The van der Waals surface area contributed by atoms with E-state index in [1.165, 1.54) is 18.2 Å². The van der Waals surface area contributed by atoms with E-state index in [0.29, 0.717) is 32.0 Å². The molecule has 0 unspecified atom stereocenters. The number of nitrogens with two attached hydrogens (primary N) is 1. The maximum absolute atomic E-state index is 11.8. The molecule has 0 amide bonds. The van der Waals surface area contributed by atoms with Crippen LogP contribution in [0.1, 0.15) is 41.9 Å². The van der Waals surface area contributed by atoms with Crippen molar-refractivity contribution in [1.82, 2.24) is 0 Å². The quantitative estimate of drug-likeness (QED) is 0.818. The molecular formula is C21H25NO3. The smallest absolute Gasteiger partial charge is 0.325 e. The fraction of sp³-hybridized carbons (Fsp3) is 0.381. The lowest BCUT2D eigenvalue weighted by molar-refractivity contribution is -0.146. The molecule has 3 rings (SSSR count). The van der Waals surface area contributed by atoms with E-state index in [-0.39, 0.29) is 5.97 Å². The molecule has 2 atom stereocenters. The minimum atomic E-state index is -0.836. The second-order valence-electron chi connectivity index (χ2n) is 6.81. The largest absolute Gasteiger partial charge is 0.468 e. The molecule has 2 aromatic rings. The van der Waals surface area contributed by atoms with Gasteiger partial charge in [-0.05, 0) is 41.9 Å². The van der Waals surface area contributed by atoms with E-state index >= 15 is 0 Å². The summed E-state index contributed by atoms with van der Waals surface area (Å²) in [6.45, 7) is 1.20. The maximum atomic E-state index is 11.8. The molecular weight excluding hydrogens is 314 g/mol. The molecule has 25 heavy (non-hydrogen) atoms. The van der Waals surface area contributed by atoms with Crippen molar-refractivity contribution in [2.75, 3.05) is 7.11 Å². The number of rotatable bonds is 6. The van der Waals surface area contributed by atoms with Crippen molar-refractivity contribution in [1.29, 1.82) is 0 Å². The summed E-state index contributed by atoms with van der Waals surface area (Å²) in [6.07, 6.45) is 2.23. The SMILES string of the molecule is COC(=O)[C@@]1(N)CC[C@@H](c2ccc(COCc3ccccc3)cc2)C1. The third kappa shape index (κ3) is 4.27. The minimum absolute atomic E-state index is 0.305. The maximum Gasteiger partial charge on any atom is 0.325 e. The Kier molecular flexibility index (Phi) is 5.51. The first kappa shape index (κ1) is 17.6. The van der Waals surface area contributed by atoms with Crippen molar-refractivity contribution in [3.63, 3.8) is 0 Å². The van der Waals surface area contributed by atoms with Crippen LogP contribution in [0.4, 0.5) is 0 Å². The molecule has 1 fully saturated rings. The van der Waals surface area contributed by atoms with E-state index in [1.54, 1.807) is 0 Å². The normalized spacial score (nSPS) is 22.7. The average Bonchev–Trinajstić information content (AvgIpc) is 3.06. The second-order valence-corrected chi connectivity index (χ2v) is 6.81. The molecule has 0 heterocycles. The standard InChI is InChI=1S/C21H25NO3/c1-24-20(23)21(22)12-11-19(13-21)18-9-7-17(8-10-18)15-25-14-16-5-3-2-4-6-16/h2-10,19H,11-15,22H2,1H3/t19-,21-/m1/s1. The Morgan fingerprint density at radius 3 is 2.36 bits per heavy atom. The summed E-state index contributed by atoms with van der Waals surface area (Å²) in [5, 5.41) is 0. The van der Waals surface area contributed by atoms with E-state index in [4.69, 9.17) is 15.2 Å². The molecule has 0 aliphatic heterocycles. The highest BCUT2D eigenvalue weighted by Gasteiger charge is 2.43. The fourth-order valence-corrected chi connectivity index (χ4v) is 3.50. The summed E-state index contributed by atoms with van der Waals surface area (Å²) in [5.41, 5.74) is 8.90. The number of benzene rings is 2. The van der Waals surface area contributed by atoms with E-state index in [1.807, 2.05) is 18.2 Å². The molecule has 1 aliphatic rings. The number of ether oxygens (including phenoxy) is 2. The third-order valence-corrected chi connectivity index (χ3v) is 4.97. The Morgan fingerprint density at radius 2 is 1.72 bits per heavy atom. The molecule has 2 N–H and O–H groups in total. The van der Waals surface area contributed by atoms with Gasteiger partial charge in [-0.25, -0.2) is 0 Å². The van der Waals surface area contributed by atoms with E-state index in [9.17, 15) is 4.79 Å². The molecule has 0 saturated heterocycles. The van der Waals surface area contributed by atoms with Gasteiger partial charge >= 0.3 is 5.97 Å². The summed E-state index contributed by atoms with van der Waals surface area (Å²) in [4.78, 5) is 11.8. The number of hydrogen-bond acceptors (Lipinski definition) is 4. The van der Waals surface area contributed by atoms with Crippen LogP contribution in [0.3, 0.4) is 0 Å². The molecule has 132 valence electrons. The average molecular weight is 339 g/mol. The van der Waals surface area contributed by atoms with Gasteiger partial charge in [-0.1, -0.05) is 54.6 Å². The second kappa shape index (κ2) is 7.81. The van der Waals surface area contributed by atoms with Crippen molar-refractivity contribution in [3.8, 4) is 0 Å². The van der Waals surface area contributed by atoms with Crippen LogP contribution in [0.15, 0.2) is 54.6 Å². The van der Waals surface area contributed by atoms with Crippen LogP contribution in [0.5, 0.6) is 0 Å². The predicted molar refractivity (Wildman–Crippen MR) is 96.9 cm³/mol. The topological polar surface area (TPSA) is 61.5 Å². The molecule has 0 spiro atoms. The van der Waals surface area contributed by atoms with Crippen molar-refractivity contribution in [2.45, 2.75) is 43.9 Å². The molecule has 0 bridgehead atoms. The lowest BCUT2D eigenvalue weighted by Crippen LogP contribution is -2.46. The summed E-state index contributed by atoms with van der Waals surface area (Å²) in [5.74, 6) is 0.00400. The molecule has 2 aromatic carbocycles. The first-order valence-electron chi connectivity index (χ1n) is 8.68. The highest BCUT2D eigenvalue weighted by Crippen LogP contribution is 2.40. The molecule has 4 nitrogen and oxygen atoms in total. The first-order chi connectivity index (χ1) is 12.1. The van der Waals surface area contributed by atoms with Gasteiger partial charge in [0.05, 0.1) is 20.3 Å². The van der Waals surface area contributed by atoms with E-state index in [0.717, 1.165) is 12.0 Å². The van der Waals surface area contributed by atoms with E-state index < -0.39 is 5.54 Å². The number of carbonyl (C=O) groups is 1. The van der Waals surface area contributed by atoms with Crippen LogP contribution >= 0.6 is 0 Å². The number of esters is 1. The molecule has 0 aromatic heterocycles. The summed E-state index contributed by atoms with van der Waals surface area (Å²) >= 11 is 0. The van der Waals surface area contributed by atoms with Crippen molar-refractivity contribution in [2.24, 2.45) is 5.73 Å². The number of carbonyl (C=O) groups excluding carboxylic acids is 1. The van der Waals surface area contributed by atoms with Gasteiger partial charge in [0, 0.05) is 0 Å². The van der Waals surface area contributed by atoms with Crippen molar-refractivity contribution >= 4 is 5.97 Å². The summed E-state index contributed by atoms with van der Waals surface area (Å²) < 4.78 is 10.6. The van der Waals surface area contributed by atoms with Crippen molar-refractivity contribution < 1.29 is 14.3 Å². The van der Waals surface area contributed by atoms with E-state index in [2.05, 4.69) is 36.4 Å². The third-order valence-electron chi connectivity index (χ3n) is 4.97. The number of methoxy groups -OCH3 is 1. The van der Waals surface area contributed by atoms with Gasteiger partial charge in [0.1, 0.15) is 5.54 Å². The van der Waals surface area contributed by atoms with Crippen LogP contribution in [0, 0.1) is 0 Å². The van der Waals surface area contributed by atoms with Crippen LogP contribution in [0.2, 0.25) is 0 Å². The highest BCUT2D eigenvalue weighted by molar-refractivity contribution is 5.81. The molecule has 1 aliphatic carbocycles. The van der Waals surface area contributed by atoms with Gasteiger partial charge < -0.3 is 15.2 Å². The Balaban J connectivity index is 1.53. The van der Waals surface area contributed by atoms with Gasteiger partial charge in [-0.15, -0.1) is 0 Å². The summed E-state index contributed by atoms with van der Waals surface area (Å²) in [6, 6.07) is 18.6. The lowest BCUT2D eigenvalue weighted by Gasteiger charge is -2.20. The zero-order valence-corrected chi connectivity index (χ0v) is 14.6. The van der Waals surface area contributed by atoms with Gasteiger partial charge in [0.15, 0.2) is 0 Å². The zero-order chi connectivity index (χ0) is 17.7. The minimum Gasteiger partial charge on any atom is -0.468 e. The first-order valence-corrected chi connectivity index (χ1v) is 8.68. The van der Waals surface area contributed by atoms with Crippen molar-refractivity contribution in [3.05, 3.63) is 71.3 Å². The van der Waals surface area contributed by atoms with Crippen LogP contribution in [0.25, 0.3) is 0 Å². The highest BCUT2D eigenvalue weighted by atomic mass is 16.5. The van der Waals surface area contributed by atoms with Gasteiger partial charge in [-0.3, -0.25) is 4.79 Å². The zero-order valence-electron chi connectivity index (χ0n) is 14.6. The Bertz CT molecular complexity index is 699. The molecule has 4 heteroatoms. The monoisotopic (exact) mass is 339 g/mol. The van der Waals surface area contributed by atoms with Gasteiger partial charge in [-0.2, -0.15) is 0 Å². The number of hydrogen-bond donors (Lipinski definition) is 1. The lowest BCUT2D eigenvalue weighted by atomic mass is 9.93. The van der Waals surface area contributed by atoms with Crippen LogP contribution < -0.4 is 5.73 Å². The Morgan fingerprint density at radius 1 is 1.08 bits per heavy atom. The van der Waals surface area contributed by atoms with Gasteiger partial charge in [0.25, 0.3) is 0 Å². The summed E-state index contributed by atoms with van der Waals surface area (Å²) in [7, 11) is 1.40. The molecule has 1 saturated carbocycles. The van der Waals surface area contributed by atoms with Crippen LogP contribution in [-0.4, -0.2) is 18.6 Å². The fourth-order valence-electron chi connectivity index (χ4n) is 3.50. The predicted octanol–water partition coefficient (Wildman–Crippen LogP) is 3.54. The molecule has 0 radical (unpaired) electrons. The Labute approximate surface area is 148 Å². The Hall–Kier alpha value is -2.17.